The first kappa shape index (κ1) is 18.1. The van der Waals surface area contributed by atoms with Crippen LogP contribution in [-0.2, 0) is 11.3 Å². The second-order valence-corrected chi connectivity index (χ2v) is 6.98. The van der Waals surface area contributed by atoms with Crippen LogP contribution < -0.4 is 10.6 Å². The summed E-state index contributed by atoms with van der Waals surface area (Å²) in [6.45, 7) is 6.35. The van der Waals surface area contributed by atoms with E-state index in [4.69, 9.17) is 4.74 Å². The van der Waals surface area contributed by atoms with Crippen LogP contribution in [-0.4, -0.2) is 46.5 Å². The second kappa shape index (κ2) is 7.53. The third-order valence-corrected chi connectivity index (χ3v) is 3.68. The molecule has 1 aromatic carbocycles. The second-order valence-electron chi connectivity index (χ2n) is 6.98. The van der Waals surface area contributed by atoms with E-state index in [9.17, 15) is 14.7 Å². The van der Waals surface area contributed by atoms with Crippen molar-refractivity contribution in [3.8, 4) is 0 Å². The fourth-order valence-corrected chi connectivity index (χ4v) is 2.72. The summed E-state index contributed by atoms with van der Waals surface area (Å²) in [6, 6.07) is 9.12. The van der Waals surface area contributed by atoms with Crippen LogP contribution in [0.5, 0.6) is 0 Å². The number of likely N-dealkylation sites (tertiary alicyclic amines) is 1. The Balaban J connectivity index is 1.86. The number of hydrogen-bond donors (Lipinski definition) is 3. The SMILES string of the molecule is CC(C)(C)NC1C[C@@H](NC(=O)OCc2ccccc2)CN1C(=O)O. The minimum Gasteiger partial charge on any atom is -0.465 e. The molecular weight excluding hydrogens is 310 g/mol. The normalized spacial score (nSPS) is 20.7. The number of carbonyl (C=O) groups is 2. The Kier molecular flexibility index (Phi) is 5.66. The van der Waals surface area contributed by atoms with E-state index in [0.717, 1.165) is 5.56 Å². The first-order chi connectivity index (χ1) is 11.2. The number of ether oxygens (including phenoxy) is 1. The molecule has 1 aliphatic rings. The molecule has 1 aromatic rings. The molecule has 2 amide bonds. The first-order valence-electron chi connectivity index (χ1n) is 7.99. The highest BCUT2D eigenvalue weighted by molar-refractivity contribution is 5.69. The van der Waals surface area contributed by atoms with Gasteiger partial charge in [0.15, 0.2) is 0 Å². The molecule has 1 unspecified atom stereocenters. The lowest BCUT2D eigenvalue weighted by Gasteiger charge is -2.30. The van der Waals surface area contributed by atoms with Crippen LogP contribution in [0.2, 0.25) is 0 Å². The van der Waals surface area contributed by atoms with Gasteiger partial charge in [-0.05, 0) is 26.3 Å². The molecule has 1 saturated heterocycles. The number of hydrogen-bond acceptors (Lipinski definition) is 4. The summed E-state index contributed by atoms with van der Waals surface area (Å²) in [6.07, 6.45) is -1.37. The molecular formula is C17H25N3O4. The number of benzene rings is 1. The Morgan fingerprint density at radius 2 is 1.96 bits per heavy atom. The lowest BCUT2D eigenvalue weighted by Crippen LogP contribution is -2.51. The Hall–Kier alpha value is -2.28. The summed E-state index contributed by atoms with van der Waals surface area (Å²) in [5.41, 5.74) is 0.680. The van der Waals surface area contributed by atoms with Gasteiger partial charge in [0.05, 0.1) is 12.2 Å². The predicted octanol–water partition coefficient (Wildman–Crippen LogP) is 2.38. The van der Waals surface area contributed by atoms with Gasteiger partial charge >= 0.3 is 12.2 Å². The zero-order valence-corrected chi connectivity index (χ0v) is 14.3. The molecule has 0 radical (unpaired) electrons. The van der Waals surface area contributed by atoms with E-state index < -0.39 is 12.2 Å². The molecule has 3 N–H and O–H groups in total. The molecule has 24 heavy (non-hydrogen) atoms. The van der Waals surface area contributed by atoms with Crippen LogP contribution in [0.1, 0.15) is 32.8 Å². The number of carbonyl (C=O) groups excluding carboxylic acids is 1. The maximum Gasteiger partial charge on any atom is 0.408 e. The fourth-order valence-electron chi connectivity index (χ4n) is 2.72. The van der Waals surface area contributed by atoms with Gasteiger partial charge in [-0.1, -0.05) is 30.3 Å². The molecule has 132 valence electrons. The van der Waals surface area contributed by atoms with Gasteiger partial charge in [-0.25, -0.2) is 9.59 Å². The smallest absolute Gasteiger partial charge is 0.408 e. The van der Waals surface area contributed by atoms with Crippen LogP contribution in [0, 0.1) is 0 Å². The Labute approximate surface area is 142 Å². The summed E-state index contributed by atoms with van der Waals surface area (Å²) in [7, 11) is 0. The number of nitrogens with zero attached hydrogens (tertiary/aromatic N) is 1. The van der Waals surface area contributed by atoms with Crippen LogP contribution in [0.4, 0.5) is 9.59 Å². The van der Waals surface area contributed by atoms with Gasteiger partial charge < -0.3 is 15.2 Å². The highest BCUT2D eigenvalue weighted by atomic mass is 16.5. The summed E-state index contributed by atoms with van der Waals surface area (Å²) in [4.78, 5) is 24.6. The predicted molar refractivity (Wildman–Crippen MR) is 89.6 cm³/mol. The van der Waals surface area contributed by atoms with E-state index >= 15 is 0 Å². The maximum absolute atomic E-state index is 11.9. The Morgan fingerprint density at radius 1 is 1.29 bits per heavy atom. The van der Waals surface area contributed by atoms with Crippen molar-refractivity contribution >= 4 is 12.2 Å². The molecule has 7 heteroatoms. The van der Waals surface area contributed by atoms with Crippen LogP contribution >= 0.6 is 0 Å². The average molecular weight is 335 g/mol. The first-order valence-corrected chi connectivity index (χ1v) is 7.99. The molecule has 0 aliphatic carbocycles. The molecule has 1 heterocycles. The van der Waals surface area contributed by atoms with Crippen LogP contribution in [0.25, 0.3) is 0 Å². The molecule has 1 fully saturated rings. The van der Waals surface area contributed by atoms with E-state index in [1.807, 2.05) is 51.1 Å². The van der Waals surface area contributed by atoms with Crippen LogP contribution in [0.3, 0.4) is 0 Å². The number of alkyl carbamates (subject to hydrolysis) is 1. The van der Waals surface area contributed by atoms with Crippen molar-refractivity contribution in [3.05, 3.63) is 35.9 Å². The molecule has 0 spiro atoms. The number of carboxylic acid groups (broad SMARTS) is 1. The third-order valence-electron chi connectivity index (χ3n) is 3.68. The molecule has 0 saturated carbocycles. The van der Waals surface area contributed by atoms with Gasteiger partial charge in [-0.3, -0.25) is 10.2 Å². The molecule has 2 atom stereocenters. The minimum absolute atomic E-state index is 0.186. The monoisotopic (exact) mass is 335 g/mol. The van der Waals surface area contributed by atoms with Crippen molar-refractivity contribution in [1.29, 1.82) is 0 Å². The van der Waals surface area contributed by atoms with Crippen molar-refractivity contribution < 1.29 is 19.4 Å². The van der Waals surface area contributed by atoms with Gasteiger partial charge in [0.1, 0.15) is 6.61 Å². The van der Waals surface area contributed by atoms with E-state index in [1.165, 1.54) is 4.90 Å². The number of rotatable bonds is 4. The standard InChI is InChI=1S/C17H25N3O4/c1-17(2,3)19-14-9-13(10-20(14)16(22)23)18-15(21)24-11-12-7-5-4-6-8-12/h4-8,13-14,19H,9-11H2,1-3H3,(H,18,21)(H,22,23)/t13-,14?/m1/s1. The van der Waals surface area contributed by atoms with Crippen molar-refractivity contribution in [2.45, 2.75) is 51.5 Å². The zero-order valence-electron chi connectivity index (χ0n) is 14.3. The highest BCUT2D eigenvalue weighted by Gasteiger charge is 2.37. The molecule has 0 bridgehead atoms. The van der Waals surface area contributed by atoms with Crippen molar-refractivity contribution in [2.75, 3.05) is 6.54 Å². The van der Waals surface area contributed by atoms with E-state index in [0.29, 0.717) is 6.42 Å². The maximum atomic E-state index is 11.9. The number of nitrogens with one attached hydrogen (secondary N) is 2. The van der Waals surface area contributed by atoms with Gasteiger partial charge in [-0.15, -0.1) is 0 Å². The molecule has 1 aliphatic heterocycles. The van der Waals surface area contributed by atoms with Crippen LogP contribution in [0.15, 0.2) is 30.3 Å². The summed E-state index contributed by atoms with van der Waals surface area (Å²) >= 11 is 0. The highest BCUT2D eigenvalue weighted by Crippen LogP contribution is 2.19. The lowest BCUT2D eigenvalue weighted by molar-refractivity contribution is 0.122. The van der Waals surface area contributed by atoms with Gasteiger partial charge in [0.2, 0.25) is 0 Å². The minimum atomic E-state index is -1.00. The Bertz CT molecular complexity index is 571. The van der Waals surface area contributed by atoms with E-state index in [1.54, 1.807) is 0 Å². The molecule has 0 aromatic heterocycles. The molecule has 2 rings (SSSR count). The topological polar surface area (TPSA) is 90.9 Å². The van der Waals surface area contributed by atoms with Gasteiger partial charge in [-0.2, -0.15) is 0 Å². The van der Waals surface area contributed by atoms with Gasteiger partial charge in [0, 0.05) is 18.5 Å². The van der Waals surface area contributed by atoms with E-state index in [-0.39, 0.29) is 30.9 Å². The zero-order chi connectivity index (χ0) is 17.7. The van der Waals surface area contributed by atoms with Crippen molar-refractivity contribution in [2.24, 2.45) is 0 Å². The van der Waals surface area contributed by atoms with Gasteiger partial charge in [0.25, 0.3) is 0 Å². The lowest BCUT2D eigenvalue weighted by atomic mass is 10.1. The third kappa shape index (κ3) is 5.42. The fraction of sp³-hybridized carbons (Fsp3) is 0.529. The average Bonchev–Trinajstić information content (AvgIpc) is 2.86. The van der Waals surface area contributed by atoms with Crippen molar-refractivity contribution in [3.63, 3.8) is 0 Å². The largest absolute Gasteiger partial charge is 0.465 e. The summed E-state index contributed by atoms with van der Waals surface area (Å²) in [5, 5.41) is 15.3. The van der Waals surface area contributed by atoms with Crippen molar-refractivity contribution in [1.82, 2.24) is 15.5 Å². The molecule has 7 nitrogen and oxygen atoms in total. The quantitative estimate of drug-likeness (QED) is 0.786. The summed E-state index contributed by atoms with van der Waals surface area (Å²) in [5.74, 6) is 0. The Morgan fingerprint density at radius 3 is 2.54 bits per heavy atom. The van der Waals surface area contributed by atoms with E-state index in [2.05, 4.69) is 10.6 Å². The summed E-state index contributed by atoms with van der Waals surface area (Å²) < 4.78 is 5.19. The number of amides is 2.